The Kier molecular flexibility index (Phi) is 4.97. The van der Waals surface area contributed by atoms with Crippen LogP contribution in [-0.4, -0.2) is 19.0 Å². The Morgan fingerprint density at radius 3 is 2.76 bits per heavy atom. The van der Waals surface area contributed by atoms with E-state index >= 15 is 0 Å². The number of carbonyl (C=O) groups is 1. The zero-order chi connectivity index (χ0) is 12.9. The number of benzene rings is 1. The molecule has 0 aliphatic rings. The number of amides is 1. The van der Waals surface area contributed by atoms with Crippen LogP contribution in [0.3, 0.4) is 0 Å². The molecule has 94 valence electrons. The van der Waals surface area contributed by atoms with Gasteiger partial charge in [0.05, 0.1) is 0 Å². The van der Waals surface area contributed by atoms with Gasteiger partial charge in [-0.15, -0.1) is 0 Å². The molecule has 0 aliphatic heterocycles. The summed E-state index contributed by atoms with van der Waals surface area (Å²) in [6, 6.07) is 7.58. The molecule has 0 heterocycles. The van der Waals surface area contributed by atoms with E-state index in [0.29, 0.717) is 24.5 Å². The van der Waals surface area contributed by atoms with Crippen LogP contribution in [0.5, 0.6) is 0 Å². The Hall–Kier alpha value is -1.06. The SMILES string of the molecule is CC(C)(Cc1cccc(Cl)c1)C(=O)NCCN. The van der Waals surface area contributed by atoms with E-state index in [4.69, 9.17) is 17.3 Å². The van der Waals surface area contributed by atoms with E-state index in [1.54, 1.807) is 0 Å². The molecule has 0 spiro atoms. The van der Waals surface area contributed by atoms with Gasteiger partial charge in [0, 0.05) is 23.5 Å². The van der Waals surface area contributed by atoms with Crippen molar-refractivity contribution in [3.05, 3.63) is 34.9 Å². The number of carbonyl (C=O) groups excluding carboxylic acids is 1. The van der Waals surface area contributed by atoms with Crippen molar-refractivity contribution in [3.8, 4) is 0 Å². The third kappa shape index (κ3) is 4.36. The maximum absolute atomic E-state index is 11.9. The number of hydrogen-bond acceptors (Lipinski definition) is 2. The van der Waals surface area contributed by atoms with E-state index in [9.17, 15) is 4.79 Å². The van der Waals surface area contributed by atoms with Crippen LogP contribution in [0.2, 0.25) is 5.02 Å². The maximum atomic E-state index is 11.9. The van der Waals surface area contributed by atoms with Crippen molar-refractivity contribution in [2.24, 2.45) is 11.1 Å². The molecule has 0 fully saturated rings. The summed E-state index contributed by atoms with van der Waals surface area (Å²) >= 11 is 5.92. The minimum atomic E-state index is -0.458. The molecule has 0 unspecified atom stereocenters. The van der Waals surface area contributed by atoms with E-state index in [-0.39, 0.29) is 5.91 Å². The lowest BCUT2D eigenvalue weighted by molar-refractivity contribution is -0.129. The predicted octanol–water partition coefficient (Wildman–Crippen LogP) is 1.98. The fraction of sp³-hybridized carbons (Fsp3) is 0.462. The van der Waals surface area contributed by atoms with Crippen LogP contribution in [0, 0.1) is 5.41 Å². The molecule has 0 aliphatic carbocycles. The van der Waals surface area contributed by atoms with Crippen LogP contribution in [-0.2, 0) is 11.2 Å². The van der Waals surface area contributed by atoms with Gasteiger partial charge in [0.1, 0.15) is 0 Å². The first-order chi connectivity index (χ1) is 7.95. The Labute approximate surface area is 107 Å². The highest BCUT2D eigenvalue weighted by Gasteiger charge is 2.27. The van der Waals surface area contributed by atoms with Crippen LogP contribution < -0.4 is 11.1 Å². The number of rotatable bonds is 5. The lowest BCUT2D eigenvalue weighted by Gasteiger charge is -2.23. The third-order valence-corrected chi connectivity index (χ3v) is 2.81. The second-order valence-electron chi connectivity index (χ2n) is 4.74. The summed E-state index contributed by atoms with van der Waals surface area (Å²) in [5.74, 6) is 0.0166. The van der Waals surface area contributed by atoms with E-state index in [2.05, 4.69) is 5.32 Å². The smallest absolute Gasteiger partial charge is 0.226 e. The van der Waals surface area contributed by atoms with Gasteiger partial charge in [-0.3, -0.25) is 4.79 Å². The molecule has 1 rings (SSSR count). The molecule has 1 aromatic carbocycles. The number of nitrogens with one attached hydrogen (secondary N) is 1. The molecule has 0 atom stereocenters. The van der Waals surface area contributed by atoms with E-state index < -0.39 is 5.41 Å². The first-order valence-corrected chi connectivity index (χ1v) is 6.06. The molecule has 0 aromatic heterocycles. The quantitative estimate of drug-likeness (QED) is 0.844. The molecule has 3 nitrogen and oxygen atoms in total. The van der Waals surface area contributed by atoms with Crippen LogP contribution in [0.1, 0.15) is 19.4 Å². The molecule has 17 heavy (non-hydrogen) atoms. The summed E-state index contributed by atoms with van der Waals surface area (Å²) in [6.45, 7) is 4.80. The van der Waals surface area contributed by atoms with Crippen molar-refractivity contribution >= 4 is 17.5 Å². The van der Waals surface area contributed by atoms with Gasteiger partial charge in [-0.05, 0) is 24.1 Å². The lowest BCUT2D eigenvalue weighted by Crippen LogP contribution is -2.40. The standard InChI is InChI=1S/C13H19ClN2O/c1-13(2,12(17)16-7-6-15)9-10-4-3-5-11(14)8-10/h3-5,8H,6-7,9,15H2,1-2H3,(H,16,17). The van der Waals surface area contributed by atoms with Crippen LogP contribution in [0.25, 0.3) is 0 Å². The van der Waals surface area contributed by atoms with Gasteiger partial charge in [0.2, 0.25) is 5.91 Å². The molecule has 0 saturated carbocycles. The average molecular weight is 255 g/mol. The van der Waals surface area contributed by atoms with Crippen molar-refractivity contribution in [1.29, 1.82) is 0 Å². The second kappa shape index (κ2) is 6.03. The van der Waals surface area contributed by atoms with E-state index in [1.807, 2.05) is 38.1 Å². The topological polar surface area (TPSA) is 55.1 Å². The third-order valence-electron chi connectivity index (χ3n) is 2.58. The maximum Gasteiger partial charge on any atom is 0.226 e. The minimum Gasteiger partial charge on any atom is -0.354 e. The zero-order valence-electron chi connectivity index (χ0n) is 10.3. The lowest BCUT2D eigenvalue weighted by atomic mass is 9.85. The first-order valence-electron chi connectivity index (χ1n) is 5.68. The zero-order valence-corrected chi connectivity index (χ0v) is 11.1. The van der Waals surface area contributed by atoms with Gasteiger partial charge in [0.25, 0.3) is 0 Å². The highest BCUT2D eigenvalue weighted by molar-refractivity contribution is 6.30. The molecule has 0 saturated heterocycles. The fourth-order valence-corrected chi connectivity index (χ4v) is 1.88. The summed E-state index contributed by atoms with van der Waals surface area (Å²) in [4.78, 5) is 11.9. The number of nitrogens with two attached hydrogens (primary N) is 1. The predicted molar refractivity (Wildman–Crippen MR) is 71.0 cm³/mol. The summed E-state index contributed by atoms with van der Waals surface area (Å²) in [7, 11) is 0. The summed E-state index contributed by atoms with van der Waals surface area (Å²) in [6.07, 6.45) is 0.657. The van der Waals surface area contributed by atoms with Gasteiger partial charge < -0.3 is 11.1 Å². The van der Waals surface area contributed by atoms with Gasteiger partial charge in [0.15, 0.2) is 0 Å². The van der Waals surface area contributed by atoms with Crippen molar-refractivity contribution in [3.63, 3.8) is 0 Å². The summed E-state index contributed by atoms with van der Waals surface area (Å²) in [5, 5.41) is 3.51. The largest absolute Gasteiger partial charge is 0.354 e. The normalized spacial score (nSPS) is 11.3. The first kappa shape index (κ1) is 14.0. The van der Waals surface area contributed by atoms with Crippen LogP contribution in [0.15, 0.2) is 24.3 Å². The van der Waals surface area contributed by atoms with Gasteiger partial charge in [-0.2, -0.15) is 0 Å². The fourth-order valence-electron chi connectivity index (χ4n) is 1.66. The second-order valence-corrected chi connectivity index (χ2v) is 5.17. The molecule has 4 heteroatoms. The van der Waals surface area contributed by atoms with Crippen LogP contribution in [0.4, 0.5) is 0 Å². The summed E-state index contributed by atoms with van der Waals surface area (Å²) in [5.41, 5.74) is 5.96. The van der Waals surface area contributed by atoms with E-state index in [1.165, 1.54) is 0 Å². The van der Waals surface area contributed by atoms with Crippen molar-refractivity contribution < 1.29 is 4.79 Å². The van der Waals surface area contributed by atoms with Gasteiger partial charge in [-0.1, -0.05) is 37.6 Å². The Morgan fingerprint density at radius 2 is 2.18 bits per heavy atom. The summed E-state index contributed by atoms with van der Waals surface area (Å²) < 4.78 is 0. The molecular weight excluding hydrogens is 236 g/mol. The van der Waals surface area contributed by atoms with Gasteiger partial charge >= 0.3 is 0 Å². The monoisotopic (exact) mass is 254 g/mol. The highest BCUT2D eigenvalue weighted by Crippen LogP contribution is 2.23. The molecule has 1 aromatic rings. The average Bonchev–Trinajstić information content (AvgIpc) is 2.25. The number of hydrogen-bond donors (Lipinski definition) is 2. The Bertz CT molecular complexity index is 391. The van der Waals surface area contributed by atoms with Crippen LogP contribution >= 0.6 is 11.6 Å². The molecule has 0 radical (unpaired) electrons. The van der Waals surface area contributed by atoms with E-state index in [0.717, 1.165) is 5.56 Å². The molecule has 1 amide bonds. The minimum absolute atomic E-state index is 0.0166. The Morgan fingerprint density at radius 1 is 1.47 bits per heavy atom. The molecule has 3 N–H and O–H groups in total. The van der Waals surface area contributed by atoms with Crippen molar-refractivity contribution in [2.45, 2.75) is 20.3 Å². The Balaban J connectivity index is 2.68. The number of halogens is 1. The molecular formula is C13H19ClN2O. The van der Waals surface area contributed by atoms with Crippen molar-refractivity contribution in [2.75, 3.05) is 13.1 Å². The van der Waals surface area contributed by atoms with Gasteiger partial charge in [-0.25, -0.2) is 0 Å². The highest BCUT2D eigenvalue weighted by atomic mass is 35.5. The molecule has 0 bridgehead atoms. The van der Waals surface area contributed by atoms with Crippen molar-refractivity contribution in [1.82, 2.24) is 5.32 Å².